The van der Waals surface area contributed by atoms with Crippen LogP contribution in [0.25, 0.3) is 0 Å². The van der Waals surface area contributed by atoms with Crippen LogP contribution >= 0.6 is 0 Å². The monoisotopic (exact) mass is 236 g/mol. The lowest BCUT2D eigenvalue weighted by molar-refractivity contribution is -0.154. The number of rotatable bonds is 3. The standard InChI is InChI=1S/C13H16O4/c1-7-4-9(7)10-2-3-11(17-10)13(12(15)16)5-8(14)6-13/h2-3,7-9,14H,4-6H2,1H3,(H,15,16). The summed E-state index contributed by atoms with van der Waals surface area (Å²) in [5, 5.41) is 18.7. The van der Waals surface area contributed by atoms with Gasteiger partial charge in [-0.1, -0.05) is 6.92 Å². The molecule has 4 nitrogen and oxygen atoms in total. The van der Waals surface area contributed by atoms with Crippen molar-refractivity contribution >= 4 is 5.97 Å². The molecular weight excluding hydrogens is 220 g/mol. The average Bonchev–Trinajstić information content (AvgIpc) is 2.77. The first-order valence-electron chi connectivity index (χ1n) is 6.04. The zero-order valence-electron chi connectivity index (χ0n) is 9.72. The maximum absolute atomic E-state index is 11.3. The molecule has 0 bridgehead atoms. The highest BCUT2D eigenvalue weighted by Crippen LogP contribution is 2.50. The fourth-order valence-electron chi connectivity index (χ4n) is 2.75. The van der Waals surface area contributed by atoms with Crippen LogP contribution in [0.5, 0.6) is 0 Å². The van der Waals surface area contributed by atoms with Gasteiger partial charge in [-0.15, -0.1) is 0 Å². The molecule has 0 radical (unpaired) electrons. The van der Waals surface area contributed by atoms with Crippen LogP contribution in [0.15, 0.2) is 16.5 Å². The average molecular weight is 236 g/mol. The molecule has 2 fully saturated rings. The van der Waals surface area contributed by atoms with Gasteiger partial charge in [-0.2, -0.15) is 0 Å². The third-order valence-corrected chi connectivity index (χ3v) is 4.15. The van der Waals surface area contributed by atoms with E-state index in [0.29, 0.717) is 17.6 Å². The number of aliphatic hydroxyl groups excluding tert-OH is 1. The van der Waals surface area contributed by atoms with Crippen molar-refractivity contribution in [1.29, 1.82) is 0 Å². The van der Waals surface area contributed by atoms with Gasteiger partial charge in [0, 0.05) is 5.92 Å². The van der Waals surface area contributed by atoms with E-state index >= 15 is 0 Å². The second-order valence-electron chi connectivity index (χ2n) is 5.47. The lowest BCUT2D eigenvalue weighted by atomic mass is 9.65. The Kier molecular flexibility index (Phi) is 2.14. The Bertz CT molecular complexity index is 456. The number of aliphatic hydroxyl groups is 1. The van der Waals surface area contributed by atoms with Crippen molar-refractivity contribution in [3.8, 4) is 0 Å². The summed E-state index contributed by atoms with van der Waals surface area (Å²) in [6, 6.07) is 3.65. The Morgan fingerprint density at radius 2 is 2.12 bits per heavy atom. The van der Waals surface area contributed by atoms with Crippen LogP contribution in [0.3, 0.4) is 0 Å². The van der Waals surface area contributed by atoms with E-state index < -0.39 is 17.5 Å². The molecule has 3 rings (SSSR count). The predicted octanol–water partition coefficient (Wildman–Crippen LogP) is 1.88. The Hall–Kier alpha value is -1.29. The molecule has 0 spiro atoms. The molecule has 1 heterocycles. The molecule has 2 atom stereocenters. The lowest BCUT2D eigenvalue weighted by Gasteiger charge is -2.39. The molecule has 0 amide bonds. The second-order valence-corrected chi connectivity index (χ2v) is 5.47. The Morgan fingerprint density at radius 3 is 2.59 bits per heavy atom. The SMILES string of the molecule is CC1CC1c1ccc(C2(C(=O)O)CC(O)C2)o1. The number of carboxylic acid groups (broad SMARTS) is 1. The van der Waals surface area contributed by atoms with Crippen molar-refractivity contribution < 1.29 is 19.4 Å². The van der Waals surface area contributed by atoms with Gasteiger partial charge in [0.2, 0.25) is 0 Å². The van der Waals surface area contributed by atoms with Crippen LogP contribution in [0.4, 0.5) is 0 Å². The van der Waals surface area contributed by atoms with Crippen LogP contribution in [0.1, 0.15) is 43.6 Å². The summed E-state index contributed by atoms with van der Waals surface area (Å²) in [5.41, 5.74) is -0.990. The van der Waals surface area contributed by atoms with Crippen molar-refractivity contribution in [2.24, 2.45) is 5.92 Å². The minimum atomic E-state index is -0.990. The molecule has 1 aromatic rings. The summed E-state index contributed by atoms with van der Waals surface area (Å²) in [6.07, 6.45) is 1.13. The van der Waals surface area contributed by atoms with Gasteiger partial charge in [0.05, 0.1) is 6.10 Å². The molecule has 92 valence electrons. The third kappa shape index (κ3) is 1.51. The largest absolute Gasteiger partial charge is 0.480 e. The molecule has 2 aliphatic rings. The van der Waals surface area contributed by atoms with Crippen molar-refractivity contribution in [1.82, 2.24) is 0 Å². The van der Waals surface area contributed by atoms with E-state index in [1.54, 1.807) is 6.07 Å². The molecular formula is C13H16O4. The topological polar surface area (TPSA) is 70.7 Å². The van der Waals surface area contributed by atoms with E-state index in [9.17, 15) is 15.0 Å². The van der Waals surface area contributed by atoms with Crippen LogP contribution in [-0.2, 0) is 10.2 Å². The molecule has 4 heteroatoms. The van der Waals surface area contributed by atoms with Crippen molar-refractivity contribution in [3.05, 3.63) is 23.7 Å². The molecule has 0 aliphatic heterocycles. The van der Waals surface area contributed by atoms with E-state index in [0.717, 1.165) is 12.2 Å². The van der Waals surface area contributed by atoms with Gasteiger partial charge >= 0.3 is 5.97 Å². The van der Waals surface area contributed by atoms with Gasteiger partial charge < -0.3 is 14.6 Å². The first kappa shape index (κ1) is 10.8. The Morgan fingerprint density at radius 1 is 1.47 bits per heavy atom. The molecule has 2 aliphatic carbocycles. The number of hydrogen-bond acceptors (Lipinski definition) is 3. The van der Waals surface area contributed by atoms with E-state index in [-0.39, 0.29) is 12.8 Å². The predicted molar refractivity (Wildman–Crippen MR) is 59.8 cm³/mol. The van der Waals surface area contributed by atoms with Gasteiger partial charge in [0.1, 0.15) is 16.9 Å². The maximum Gasteiger partial charge on any atom is 0.317 e. The van der Waals surface area contributed by atoms with Crippen molar-refractivity contribution in [3.63, 3.8) is 0 Å². The highest BCUT2D eigenvalue weighted by molar-refractivity contribution is 5.82. The minimum Gasteiger partial charge on any atom is -0.480 e. The number of carboxylic acids is 1. The fourth-order valence-corrected chi connectivity index (χ4v) is 2.75. The number of aliphatic carboxylic acids is 1. The number of hydrogen-bond donors (Lipinski definition) is 2. The first-order valence-corrected chi connectivity index (χ1v) is 6.04. The molecule has 1 aromatic heterocycles. The normalized spacial score (nSPS) is 39.8. The van der Waals surface area contributed by atoms with Crippen LogP contribution < -0.4 is 0 Å². The van der Waals surface area contributed by atoms with Crippen LogP contribution in [-0.4, -0.2) is 22.3 Å². The summed E-state index contributed by atoms with van der Waals surface area (Å²) >= 11 is 0. The lowest BCUT2D eigenvalue weighted by Crippen LogP contribution is -2.50. The molecule has 0 aromatic carbocycles. The summed E-state index contributed by atoms with van der Waals surface area (Å²) in [5.74, 6) is 1.60. The summed E-state index contributed by atoms with van der Waals surface area (Å²) in [4.78, 5) is 11.3. The van der Waals surface area contributed by atoms with Gasteiger partial charge in [0.25, 0.3) is 0 Å². The van der Waals surface area contributed by atoms with Gasteiger partial charge in [-0.05, 0) is 37.3 Å². The summed E-state index contributed by atoms with van der Waals surface area (Å²) in [7, 11) is 0. The quantitative estimate of drug-likeness (QED) is 0.840. The second kappa shape index (κ2) is 3.35. The van der Waals surface area contributed by atoms with Gasteiger partial charge in [0.15, 0.2) is 0 Å². The highest BCUT2D eigenvalue weighted by Gasteiger charge is 2.54. The van der Waals surface area contributed by atoms with Crippen molar-refractivity contribution in [2.45, 2.75) is 43.6 Å². The van der Waals surface area contributed by atoms with E-state index in [4.69, 9.17) is 4.42 Å². The first-order chi connectivity index (χ1) is 8.03. The number of furan rings is 1. The zero-order valence-corrected chi connectivity index (χ0v) is 9.72. The molecule has 2 N–H and O–H groups in total. The zero-order chi connectivity index (χ0) is 12.2. The highest BCUT2D eigenvalue weighted by atomic mass is 16.4. The summed E-state index contributed by atoms with van der Waals surface area (Å²) < 4.78 is 5.70. The fraction of sp³-hybridized carbons (Fsp3) is 0.615. The number of carbonyl (C=O) groups is 1. The molecule has 2 unspecified atom stereocenters. The maximum atomic E-state index is 11.3. The van der Waals surface area contributed by atoms with E-state index in [2.05, 4.69) is 6.92 Å². The van der Waals surface area contributed by atoms with Gasteiger partial charge in [-0.3, -0.25) is 4.79 Å². The van der Waals surface area contributed by atoms with Crippen molar-refractivity contribution in [2.75, 3.05) is 0 Å². The van der Waals surface area contributed by atoms with E-state index in [1.807, 2.05) is 6.07 Å². The van der Waals surface area contributed by atoms with Crippen LogP contribution in [0.2, 0.25) is 0 Å². The third-order valence-electron chi connectivity index (χ3n) is 4.15. The van der Waals surface area contributed by atoms with Gasteiger partial charge in [-0.25, -0.2) is 0 Å². The molecule has 0 saturated heterocycles. The van der Waals surface area contributed by atoms with E-state index in [1.165, 1.54) is 0 Å². The molecule has 2 saturated carbocycles. The molecule has 17 heavy (non-hydrogen) atoms. The van der Waals surface area contributed by atoms with Crippen LogP contribution in [0, 0.1) is 5.92 Å². The Balaban J connectivity index is 1.87. The smallest absolute Gasteiger partial charge is 0.317 e. The summed E-state index contributed by atoms with van der Waals surface area (Å²) in [6.45, 7) is 2.16. The Labute approximate surface area is 99.2 Å². The minimum absolute atomic E-state index is 0.259.